The van der Waals surface area contributed by atoms with Crippen LogP contribution in [0.2, 0.25) is 0 Å². The number of non-ortho nitro benzene ring substituents is 1. The fourth-order valence-corrected chi connectivity index (χ4v) is 3.53. The van der Waals surface area contributed by atoms with Crippen molar-refractivity contribution in [2.45, 2.75) is 19.9 Å². The van der Waals surface area contributed by atoms with E-state index in [-0.39, 0.29) is 17.1 Å². The van der Waals surface area contributed by atoms with Crippen molar-refractivity contribution in [3.05, 3.63) is 68.8 Å². The Labute approximate surface area is 146 Å². The lowest BCUT2D eigenvalue weighted by atomic mass is 10.2. The summed E-state index contributed by atoms with van der Waals surface area (Å²) in [7, 11) is 0. The predicted molar refractivity (Wildman–Crippen MR) is 93.1 cm³/mol. The fraction of sp³-hybridized carbons (Fsp3) is 0.176. The lowest BCUT2D eigenvalue weighted by Crippen LogP contribution is -2.16. The molecule has 0 unspecified atom stereocenters. The van der Waals surface area contributed by atoms with E-state index in [1.165, 1.54) is 47.7 Å². The molecule has 0 radical (unpaired) electrons. The van der Waals surface area contributed by atoms with Crippen molar-refractivity contribution in [2.24, 2.45) is 4.99 Å². The van der Waals surface area contributed by atoms with Crippen molar-refractivity contribution in [1.29, 1.82) is 0 Å². The van der Waals surface area contributed by atoms with Gasteiger partial charge in [-0.25, -0.2) is 4.39 Å². The number of nitrogens with zero attached hydrogens (tertiary/aromatic N) is 3. The Morgan fingerprint density at radius 2 is 2.00 bits per heavy atom. The summed E-state index contributed by atoms with van der Waals surface area (Å²) < 4.78 is 16.0. The maximum Gasteiger partial charge on any atom is 0.279 e. The summed E-state index contributed by atoms with van der Waals surface area (Å²) in [6, 6.07) is 9.76. The van der Waals surface area contributed by atoms with E-state index >= 15 is 0 Å². The molecule has 0 fully saturated rings. The molecule has 0 atom stereocenters. The van der Waals surface area contributed by atoms with Gasteiger partial charge in [-0.05, 0) is 36.8 Å². The number of rotatable bonds is 4. The minimum atomic E-state index is -0.527. The average molecular weight is 359 g/mol. The van der Waals surface area contributed by atoms with E-state index in [9.17, 15) is 19.3 Å². The number of amides is 1. The molecular formula is C17H14FN3O3S. The van der Waals surface area contributed by atoms with Crippen LogP contribution in [-0.4, -0.2) is 15.4 Å². The first-order chi connectivity index (χ1) is 12.0. The number of fused-ring (bicyclic) bond motifs is 1. The standard InChI is InChI=1S/C17H14FN3O3S/c1-2-9-20-14-8-5-12(18)10-15(14)25-17(20)19-16(22)11-3-6-13(7-4-11)21(23)24/h3-8,10H,2,9H2,1H3. The Balaban J connectivity index is 2.06. The second kappa shape index (κ2) is 6.94. The first kappa shape index (κ1) is 17.0. The van der Waals surface area contributed by atoms with Gasteiger partial charge in [-0.1, -0.05) is 18.3 Å². The zero-order chi connectivity index (χ0) is 18.0. The number of carbonyl (C=O) groups excluding carboxylic acids is 1. The van der Waals surface area contributed by atoms with Gasteiger partial charge in [0.25, 0.3) is 11.6 Å². The molecule has 0 aliphatic heterocycles. The number of carbonyl (C=O) groups is 1. The molecule has 0 saturated carbocycles. The molecule has 0 aliphatic carbocycles. The molecule has 0 bridgehead atoms. The van der Waals surface area contributed by atoms with Crippen molar-refractivity contribution in [3.8, 4) is 0 Å². The number of aromatic nitrogens is 1. The molecule has 128 valence electrons. The van der Waals surface area contributed by atoms with Crippen LogP contribution in [0.4, 0.5) is 10.1 Å². The molecule has 25 heavy (non-hydrogen) atoms. The van der Waals surface area contributed by atoms with E-state index in [2.05, 4.69) is 4.99 Å². The van der Waals surface area contributed by atoms with E-state index in [0.29, 0.717) is 16.0 Å². The molecule has 8 heteroatoms. The zero-order valence-corrected chi connectivity index (χ0v) is 14.1. The summed E-state index contributed by atoms with van der Waals surface area (Å²) in [5.41, 5.74) is 0.996. The molecule has 0 aliphatic rings. The van der Waals surface area contributed by atoms with Crippen LogP contribution < -0.4 is 4.80 Å². The molecule has 3 rings (SSSR count). The van der Waals surface area contributed by atoms with Crippen molar-refractivity contribution in [3.63, 3.8) is 0 Å². The van der Waals surface area contributed by atoms with Gasteiger partial charge in [0.2, 0.25) is 0 Å². The minimum absolute atomic E-state index is 0.0880. The minimum Gasteiger partial charge on any atom is -0.316 e. The highest BCUT2D eigenvalue weighted by atomic mass is 32.1. The lowest BCUT2D eigenvalue weighted by molar-refractivity contribution is -0.384. The summed E-state index contributed by atoms with van der Waals surface area (Å²) >= 11 is 1.24. The second-order valence-electron chi connectivity index (χ2n) is 5.37. The monoisotopic (exact) mass is 359 g/mol. The van der Waals surface area contributed by atoms with Crippen molar-refractivity contribution in [1.82, 2.24) is 4.57 Å². The van der Waals surface area contributed by atoms with Crippen LogP contribution in [0.15, 0.2) is 47.5 Å². The SMILES string of the molecule is CCCn1c(=NC(=O)c2ccc([N+](=O)[O-])cc2)sc2cc(F)ccc21. The van der Waals surface area contributed by atoms with Crippen LogP contribution in [0, 0.1) is 15.9 Å². The third-order valence-corrected chi connectivity index (χ3v) is 4.66. The van der Waals surface area contributed by atoms with E-state index in [4.69, 9.17) is 0 Å². The summed E-state index contributed by atoms with van der Waals surface area (Å²) in [5, 5.41) is 10.7. The van der Waals surface area contributed by atoms with Gasteiger partial charge in [-0.3, -0.25) is 14.9 Å². The molecule has 1 aromatic heterocycles. The smallest absolute Gasteiger partial charge is 0.279 e. The van der Waals surface area contributed by atoms with Gasteiger partial charge in [-0.15, -0.1) is 0 Å². The number of aryl methyl sites for hydroxylation is 1. The van der Waals surface area contributed by atoms with Gasteiger partial charge in [0.1, 0.15) is 5.82 Å². The van der Waals surface area contributed by atoms with Crippen LogP contribution in [-0.2, 0) is 6.54 Å². The van der Waals surface area contributed by atoms with E-state index < -0.39 is 10.8 Å². The molecular weight excluding hydrogens is 345 g/mol. The van der Waals surface area contributed by atoms with Crippen molar-refractivity contribution < 1.29 is 14.1 Å². The Kier molecular flexibility index (Phi) is 4.71. The zero-order valence-electron chi connectivity index (χ0n) is 13.3. The third-order valence-electron chi connectivity index (χ3n) is 3.61. The highest BCUT2D eigenvalue weighted by Crippen LogP contribution is 2.19. The maximum atomic E-state index is 13.4. The Morgan fingerprint density at radius 3 is 2.64 bits per heavy atom. The quantitative estimate of drug-likeness (QED) is 0.523. The second-order valence-corrected chi connectivity index (χ2v) is 6.38. The highest BCUT2D eigenvalue weighted by Gasteiger charge is 2.11. The van der Waals surface area contributed by atoms with E-state index in [0.717, 1.165) is 11.9 Å². The molecule has 3 aromatic rings. The van der Waals surface area contributed by atoms with Crippen LogP contribution in [0.3, 0.4) is 0 Å². The third kappa shape index (κ3) is 3.48. The summed E-state index contributed by atoms with van der Waals surface area (Å²) in [4.78, 5) is 27.2. The van der Waals surface area contributed by atoms with Crippen molar-refractivity contribution in [2.75, 3.05) is 0 Å². The number of benzene rings is 2. The number of hydrogen-bond donors (Lipinski definition) is 0. The first-order valence-corrected chi connectivity index (χ1v) is 8.43. The van der Waals surface area contributed by atoms with Crippen LogP contribution in [0.5, 0.6) is 0 Å². The molecule has 1 heterocycles. The van der Waals surface area contributed by atoms with Gasteiger partial charge in [0.05, 0.1) is 15.1 Å². The Bertz CT molecular complexity index is 1020. The lowest BCUT2D eigenvalue weighted by Gasteiger charge is -2.02. The molecule has 1 amide bonds. The molecule has 0 saturated heterocycles. The number of halogens is 1. The van der Waals surface area contributed by atoms with E-state index in [1.807, 2.05) is 11.5 Å². The number of thiazole rings is 1. The van der Waals surface area contributed by atoms with Crippen LogP contribution in [0.25, 0.3) is 10.2 Å². The number of nitro benzene ring substituents is 1. The summed E-state index contributed by atoms with van der Waals surface area (Å²) in [6.07, 6.45) is 0.835. The number of hydrogen-bond acceptors (Lipinski definition) is 4. The highest BCUT2D eigenvalue weighted by molar-refractivity contribution is 7.16. The van der Waals surface area contributed by atoms with Gasteiger partial charge < -0.3 is 4.57 Å². The van der Waals surface area contributed by atoms with Gasteiger partial charge in [0.15, 0.2) is 4.80 Å². The van der Waals surface area contributed by atoms with E-state index in [1.54, 1.807) is 6.07 Å². The first-order valence-electron chi connectivity index (χ1n) is 7.62. The molecule has 6 nitrogen and oxygen atoms in total. The summed E-state index contributed by atoms with van der Waals surface area (Å²) in [6.45, 7) is 2.65. The summed E-state index contributed by atoms with van der Waals surface area (Å²) in [5.74, 6) is -0.836. The Hall–Kier alpha value is -2.87. The number of nitro groups is 1. The van der Waals surface area contributed by atoms with Crippen LogP contribution in [0.1, 0.15) is 23.7 Å². The molecule has 0 N–H and O–H groups in total. The predicted octanol–water partition coefficient (Wildman–Crippen LogP) is 3.90. The van der Waals surface area contributed by atoms with Gasteiger partial charge in [0, 0.05) is 24.2 Å². The van der Waals surface area contributed by atoms with Crippen LogP contribution >= 0.6 is 11.3 Å². The molecule has 2 aromatic carbocycles. The van der Waals surface area contributed by atoms with Gasteiger partial charge in [-0.2, -0.15) is 4.99 Å². The van der Waals surface area contributed by atoms with Crippen molar-refractivity contribution >= 4 is 33.1 Å². The van der Waals surface area contributed by atoms with Gasteiger partial charge >= 0.3 is 0 Å². The normalized spacial score (nSPS) is 11.8. The fourth-order valence-electron chi connectivity index (χ4n) is 2.45. The Morgan fingerprint density at radius 1 is 1.28 bits per heavy atom. The molecule has 0 spiro atoms. The average Bonchev–Trinajstić information content (AvgIpc) is 2.91. The topological polar surface area (TPSA) is 77.5 Å². The largest absolute Gasteiger partial charge is 0.316 e. The maximum absolute atomic E-state index is 13.4.